The first-order valence-corrected chi connectivity index (χ1v) is 6.35. The molecule has 1 aliphatic rings. The Bertz CT molecular complexity index is 463. The molecule has 1 aromatic rings. The molecule has 17 heavy (non-hydrogen) atoms. The van der Waals surface area contributed by atoms with E-state index >= 15 is 0 Å². The lowest BCUT2D eigenvalue weighted by Gasteiger charge is -2.39. The maximum absolute atomic E-state index is 10.3. The Morgan fingerprint density at radius 2 is 2.24 bits per heavy atom. The molecule has 0 aliphatic heterocycles. The first-order valence-electron chi connectivity index (χ1n) is 5.56. The van der Waals surface area contributed by atoms with Gasteiger partial charge in [-0.2, -0.15) is 5.26 Å². The number of nitrogens with zero attached hydrogens (tertiary/aromatic N) is 1. The number of nitriles is 1. The fourth-order valence-corrected chi connectivity index (χ4v) is 2.73. The second-order valence-electron chi connectivity index (χ2n) is 4.42. The van der Waals surface area contributed by atoms with Crippen molar-refractivity contribution < 1.29 is 9.84 Å². The van der Waals surface area contributed by atoms with E-state index in [9.17, 15) is 10.4 Å². The van der Waals surface area contributed by atoms with Gasteiger partial charge in [0.2, 0.25) is 0 Å². The minimum absolute atomic E-state index is 0.589. The average molecular weight is 296 g/mol. The fraction of sp³-hybridized carbons (Fsp3) is 0.462. The molecule has 1 saturated carbocycles. The third-order valence-corrected chi connectivity index (χ3v) is 4.10. The number of ether oxygens (including phenoxy) is 1. The summed E-state index contributed by atoms with van der Waals surface area (Å²) in [5.41, 5.74) is 0.174. The van der Waals surface area contributed by atoms with Crippen LogP contribution in [-0.4, -0.2) is 12.2 Å². The minimum atomic E-state index is -0.719. The lowest BCUT2D eigenvalue weighted by molar-refractivity contribution is 0.00789. The molecule has 1 fully saturated rings. The summed E-state index contributed by atoms with van der Waals surface area (Å²) in [5, 5.41) is 19.5. The minimum Gasteiger partial charge on any atom is -0.496 e. The maximum atomic E-state index is 10.3. The molecule has 0 saturated heterocycles. The van der Waals surface area contributed by atoms with E-state index in [2.05, 4.69) is 22.0 Å². The first kappa shape index (κ1) is 12.4. The number of aliphatic hydroxyl groups is 1. The number of methoxy groups -OCH3 is 1. The van der Waals surface area contributed by atoms with E-state index in [1.807, 2.05) is 12.1 Å². The van der Waals surface area contributed by atoms with Crippen LogP contribution in [0.5, 0.6) is 5.75 Å². The number of aliphatic hydroxyl groups excluding tert-OH is 1. The quantitative estimate of drug-likeness (QED) is 0.932. The van der Waals surface area contributed by atoms with Crippen LogP contribution >= 0.6 is 15.9 Å². The molecule has 0 bridgehead atoms. The second kappa shape index (κ2) is 4.67. The molecule has 2 rings (SSSR count). The largest absolute Gasteiger partial charge is 0.496 e. The van der Waals surface area contributed by atoms with E-state index in [4.69, 9.17) is 4.74 Å². The van der Waals surface area contributed by atoms with Gasteiger partial charge in [-0.3, -0.25) is 0 Å². The average Bonchev–Trinajstić information content (AvgIpc) is 2.28. The van der Waals surface area contributed by atoms with Crippen LogP contribution in [0.15, 0.2) is 22.7 Å². The number of benzene rings is 1. The van der Waals surface area contributed by atoms with Gasteiger partial charge < -0.3 is 9.84 Å². The Morgan fingerprint density at radius 1 is 1.53 bits per heavy atom. The zero-order chi connectivity index (χ0) is 12.5. The summed E-state index contributed by atoms with van der Waals surface area (Å²) in [4.78, 5) is 0. The third-order valence-electron chi connectivity index (χ3n) is 3.48. The van der Waals surface area contributed by atoms with Crippen LogP contribution in [-0.2, 0) is 0 Å². The number of hydrogen-bond acceptors (Lipinski definition) is 3. The van der Waals surface area contributed by atoms with Crippen molar-refractivity contribution in [1.82, 2.24) is 0 Å². The second-order valence-corrected chi connectivity index (χ2v) is 5.27. The molecule has 0 heterocycles. The zero-order valence-electron chi connectivity index (χ0n) is 9.61. The van der Waals surface area contributed by atoms with Crippen LogP contribution in [0.4, 0.5) is 0 Å². The van der Waals surface area contributed by atoms with E-state index in [1.54, 1.807) is 13.2 Å². The third kappa shape index (κ3) is 2.05. The van der Waals surface area contributed by atoms with Crippen molar-refractivity contribution in [1.29, 1.82) is 5.26 Å². The first-order chi connectivity index (χ1) is 8.13. The van der Waals surface area contributed by atoms with Crippen LogP contribution in [0.3, 0.4) is 0 Å². The lowest BCUT2D eigenvalue weighted by atomic mass is 9.65. The van der Waals surface area contributed by atoms with Crippen molar-refractivity contribution in [2.24, 2.45) is 5.41 Å². The van der Waals surface area contributed by atoms with Crippen molar-refractivity contribution in [3.63, 3.8) is 0 Å². The molecule has 1 N–H and O–H groups in total. The van der Waals surface area contributed by atoms with Gasteiger partial charge in [0.25, 0.3) is 0 Å². The summed E-state index contributed by atoms with van der Waals surface area (Å²) >= 11 is 3.39. The van der Waals surface area contributed by atoms with Gasteiger partial charge in [0.1, 0.15) is 5.75 Å². The molecule has 1 aliphatic carbocycles. The molecule has 0 radical (unpaired) electrons. The van der Waals surface area contributed by atoms with Crippen molar-refractivity contribution in [3.05, 3.63) is 28.2 Å². The van der Waals surface area contributed by atoms with Crippen molar-refractivity contribution in [2.75, 3.05) is 7.11 Å². The van der Waals surface area contributed by atoms with E-state index < -0.39 is 11.5 Å². The summed E-state index contributed by atoms with van der Waals surface area (Å²) in [6.45, 7) is 0. The lowest BCUT2D eigenvalue weighted by Crippen LogP contribution is -2.34. The number of hydrogen-bond donors (Lipinski definition) is 1. The molecule has 0 aromatic heterocycles. The van der Waals surface area contributed by atoms with E-state index in [0.717, 1.165) is 35.0 Å². The van der Waals surface area contributed by atoms with Crippen LogP contribution in [0.1, 0.15) is 30.9 Å². The molecule has 0 amide bonds. The van der Waals surface area contributed by atoms with Crippen LogP contribution in [0.25, 0.3) is 0 Å². The van der Waals surface area contributed by atoms with Gasteiger partial charge in [-0.05, 0) is 46.5 Å². The smallest absolute Gasteiger partial charge is 0.133 e. The monoisotopic (exact) mass is 295 g/mol. The van der Waals surface area contributed by atoms with E-state index in [1.165, 1.54) is 0 Å². The van der Waals surface area contributed by atoms with Gasteiger partial charge in [0.15, 0.2) is 0 Å². The number of halogens is 1. The maximum Gasteiger partial charge on any atom is 0.133 e. The number of rotatable bonds is 3. The van der Waals surface area contributed by atoms with Gasteiger partial charge in [-0.15, -0.1) is 0 Å². The van der Waals surface area contributed by atoms with E-state index in [-0.39, 0.29) is 0 Å². The van der Waals surface area contributed by atoms with Crippen LogP contribution < -0.4 is 4.74 Å². The molecule has 1 aromatic carbocycles. The molecular weight excluding hydrogens is 282 g/mol. The van der Waals surface area contributed by atoms with Crippen molar-refractivity contribution in [2.45, 2.75) is 25.4 Å². The van der Waals surface area contributed by atoms with Gasteiger partial charge in [0.05, 0.1) is 29.2 Å². The summed E-state index contributed by atoms with van der Waals surface area (Å²) in [6.07, 6.45) is 1.84. The molecule has 3 nitrogen and oxygen atoms in total. The highest BCUT2D eigenvalue weighted by Crippen LogP contribution is 2.50. The normalized spacial score (nSPS) is 18.9. The highest BCUT2D eigenvalue weighted by molar-refractivity contribution is 9.10. The highest BCUT2D eigenvalue weighted by atomic mass is 79.9. The Morgan fingerprint density at radius 3 is 2.65 bits per heavy atom. The van der Waals surface area contributed by atoms with Crippen LogP contribution in [0, 0.1) is 16.7 Å². The summed E-state index contributed by atoms with van der Waals surface area (Å²) in [7, 11) is 1.60. The molecule has 90 valence electrons. The van der Waals surface area contributed by atoms with Crippen molar-refractivity contribution in [3.8, 4) is 11.8 Å². The predicted molar refractivity (Wildman–Crippen MR) is 67.6 cm³/mol. The molecule has 1 unspecified atom stereocenters. The highest BCUT2D eigenvalue weighted by Gasteiger charge is 2.44. The fourth-order valence-electron chi connectivity index (χ4n) is 2.18. The Balaban J connectivity index is 2.29. The summed E-state index contributed by atoms with van der Waals surface area (Å²) in [5.74, 6) is 0.723. The van der Waals surface area contributed by atoms with E-state index in [0.29, 0.717) is 0 Å². The van der Waals surface area contributed by atoms with Gasteiger partial charge in [-0.1, -0.05) is 12.5 Å². The predicted octanol–water partition coefficient (Wildman–Crippen LogP) is 3.18. The summed E-state index contributed by atoms with van der Waals surface area (Å²) < 4.78 is 5.93. The molecule has 1 atom stereocenters. The van der Waals surface area contributed by atoms with Crippen LogP contribution in [0.2, 0.25) is 0 Å². The zero-order valence-corrected chi connectivity index (χ0v) is 11.2. The summed E-state index contributed by atoms with van der Waals surface area (Å²) in [6, 6.07) is 7.69. The molecule has 0 spiro atoms. The molecule has 4 heteroatoms. The topological polar surface area (TPSA) is 53.2 Å². The van der Waals surface area contributed by atoms with Gasteiger partial charge in [0, 0.05) is 0 Å². The Kier molecular flexibility index (Phi) is 3.41. The van der Waals surface area contributed by atoms with Crippen molar-refractivity contribution >= 4 is 15.9 Å². The Labute approximate surface area is 109 Å². The Hall–Kier alpha value is -1.05. The van der Waals surface area contributed by atoms with Gasteiger partial charge >= 0.3 is 0 Å². The SMILES string of the molecule is COc1ccc(C(O)C2(C#N)CCC2)cc1Br. The standard InChI is InChI=1S/C13H14BrNO2/c1-17-11-4-3-9(7-10(11)14)12(16)13(8-15)5-2-6-13/h3-4,7,12,16H,2,5-6H2,1H3. The van der Waals surface area contributed by atoms with Gasteiger partial charge in [-0.25, -0.2) is 0 Å². The molecular formula is C13H14BrNO2.